The number of nitrogens with one attached hydrogen (secondary N) is 1. The molecule has 1 aliphatic heterocycles. The van der Waals surface area contributed by atoms with Gasteiger partial charge in [0.2, 0.25) is 5.91 Å². The summed E-state index contributed by atoms with van der Waals surface area (Å²) in [4.78, 5) is 29.7. The number of hydrogen-bond acceptors (Lipinski definition) is 5. The number of nitriles is 1. The molecule has 3 heterocycles. The summed E-state index contributed by atoms with van der Waals surface area (Å²) < 4.78 is 1.73. The Labute approximate surface area is 153 Å². The van der Waals surface area contributed by atoms with Crippen LogP contribution >= 0.6 is 11.3 Å². The van der Waals surface area contributed by atoms with E-state index in [2.05, 4.69) is 16.4 Å². The van der Waals surface area contributed by atoms with Crippen molar-refractivity contribution in [3.05, 3.63) is 60.0 Å². The maximum Gasteiger partial charge on any atom is 0.249 e. The van der Waals surface area contributed by atoms with Gasteiger partial charge in [-0.25, -0.2) is 4.98 Å². The van der Waals surface area contributed by atoms with Crippen molar-refractivity contribution in [3.63, 3.8) is 0 Å². The molecule has 1 aromatic carbocycles. The number of thiazole rings is 1. The minimum absolute atomic E-state index is 0.0661. The fourth-order valence-corrected chi connectivity index (χ4v) is 3.88. The largest absolute Gasteiger partial charge is 0.333 e. The average molecular weight is 362 g/mol. The average Bonchev–Trinajstić information content (AvgIpc) is 3.32. The second kappa shape index (κ2) is 6.58. The van der Waals surface area contributed by atoms with Gasteiger partial charge in [0.05, 0.1) is 22.2 Å². The number of ketones is 1. The molecule has 1 aliphatic rings. The lowest BCUT2D eigenvalue weighted by Crippen LogP contribution is -2.31. The maximum absolute atomic E-state index is 12.7. The van der Waals surface area contributed by atoms with E-state index in [1.165, 1.54) is 11.3 Å². The molecule has 0 spiro atoms. The molecule has 0 saturated carbocycles. The van der Waals surface area contributed by atoms with Gasteiger partial charge >= 0.3 is 0 Å². The molecule has 1 unspecified atom stereocenters. The summed E-state index contributed by atoms with van der Waals surface area (Å²) in [5.41, 5.74) is 2.12. The van der Waals surface area contributed by atoms with Crippen LogP contribution in [-0.4, -0.2) is 21.2 Å². The number of carbonyl (C=O) groups is 2. The Morgan fingerprint density at radius 1 is 1.31 bits per heavy atom. The Bertz CT molecular complexity index is 1030. The third kappa shape index (κ3) is 2.91. The van der Waals surface area contributed by atoms with Gasteiger partial charge in [0.15, 0.2) is 10.9 Å². The van der Waals surface area contributed by atoms with Gasteiger partial charge in [-0.05, 0) is 36.2 Å². The van der Waals surface area contributed by atoms with Crippen molar-refractivity contribution in [2.24, 2.45) is 0 Å². The predicted molar refractivity (Wildman–Crippen MR) is 97.9 cm³/mol. The van der Waals surface area contributed by atoms with Crippen LogP contribution in [0, 0.1) is 11.3 Å². The number of hydrogen-bond donors (Lipinski definition) is 1. The lowest BCUT2D eigenvalue weighted by molar-refractivity contribution is -0.119. The second-order valence-corrected chi connectivity index (χ2v) is 7.02. The number of anilines is 1. The SMILES string of the molecule is N#Cc1ccc(-c2cnc(NC(=O)C3CCC(=O)c4cccn43)s2)cc1. The number of amides is 1. The highest BCUT2D eigenvalue weighted by atomic mass is 32.1. The molecular weight excluding hydrogens is 348 g/mol. The fraction of sp³-hybridized carbons (Fsp3) is 0.158. The number of nitrogens with zero attached hydrogens (tertiary/aromatic N) is 3. The third-order valence-electron chi connectivity index (χ3n) is 4.38. The van der Waals surface area contributed by atoms with Gasteiger partial charge in [-0.15, -0.1) is 0 Å². The Morgan fingerprint density at radius 2 is 2.12 bits per heavy atom. The van der Waals surface area contributed by atoms with Crippen LogP contribution in [0.25, 0.3) is 10.4 Å². The van der Waals surface area contributed by atoms with Crippen LogP contribution in [-0.2, 0) is 4.79 Å². The number of Topliss-reactive ketones (excluding diaryl/α,β-unsaturated/α-hetero) is 1. The highest BCUT2D eigenvalue weighted by Crippen LogP contribution is 2.31. The van der Waals surface area contributed by atoms with Crippen LogP contribution in [0.2, 0.25) is 0 Å². The maximum atomic E-state index is 12.7. The van der Waals surface area contributed by atoms with E-state index in [9.17, 15) is 9.59 Å². The van der Waals surface area contributed by atoms with Crippen molar-refractivity contribution in [2.75, 3.05) is 5.32 Å². The van der Waals surface area contributed by atoms with E-state index >= 15 is 0 Å². The molecule has 0 radical (unpaired) electrons. The normalized spacial score (nSPS) is 16.0. The van der Waals surface area contributed by atoms with Gasteiger partial charge in [0, 0.05) is 18.8 Å². The summed E-state index contributed by atoms with van der Waals surface area (Å²) in [6.45, 7) is 0. The Hall–Kier alpha value is -3.24. The highest BCUT2D eigenvalue weighted by molar-refractivity contribution is 7.19. The first-order valence-electron chi connectivity index (χ1n) is 8.13. The van der Waals surface area contributed by atoms with Crippen LogP contribution < -0.4 is 5.32 Å². The molecule has 2 aromatic heterocycles. The Kier molecular flexibility index (Phi) is 4.11. The van der Waals surface area contributed by atoms with E-state index in [0.717, 1.165) is 10.4 Å². The zero-order valence-electron chi connectivity index (χ0n) is 13.7. The van der Waals surface area contributed by atoms with Gasteiger partial charge in [0.1, 0.15) is 6.04 Å². The summed E-state index contributed by atoms with van der Waals surface area (Å²) in [7, 11) is 0. The fourth-order valence-electron chi connectivity index (χ4n) is 3.06. The lowest BCUT2D eigenvalue weighted by atomic mass is 10.0. The van der Waals surface area contributed by atoms with Crippen LogP contribution in [0.3, 0.4) is 0 Å². The third-order valence-corrected chi connectivity index (χ3v) is 5.34. The van der Waals surface area contributed by atoms with Gasteiger partial charge in [-0.1, -0.05) is 23.5 Å². The van der Waals surface area contributed by atoms with Crippen LogP contribution in [0.1, 0.15) is 34.9 Å². The summed E-state index contributed by atoms with van der Waals surface area (Å²) in [6, 6.07) is 12.4. The quantitative estimate of drug-likeness (QED) is 0.770. The second-order valence-electron chi connectivity index (χ2n) is 5.99. The van der Waals surface area contributed by atoms with Gasteiger partial charge in [-0.2, -0.15) is 5.26 Å². The minimum atomic E-state index is -0.403. The molecule has 7 heteroatoms. The van der Waals surface area contributed by atoms with Crippen molar-refractivity contribution in [3.8, 4) is 16.5 Å². The first-order chi connectivity index (χ1) is 12.7. The Morgan fingerprint density at radius 3 is 2.88 bits per heavy atom. The summed E-state index contributed by atoms with van der Waals surface area (Å²) in [5.74, 6) is -0.105. The van der Waals surface area contributed by atoms with Gasteiger partial charge in [0.25, 0.3) is 0 Å². The molecule has 1 amide bonds. The Balaban J connectivity index is 1.51. The number of rotatable bonds is 3. The zero-order chi connectivity index (χ0) is 18.1. The van der Waals surface area contributed by atoms with E-state index in [0.29, 0.717) is 29.2 Å². The van der Waals surface area contributed by atoms with Crippen LogP contribution in [0.15, 0.2) is 48.8 Å². The van der Waals surface area contributed by atoms with E-state index in [4.69, 9.17) is 5.26 Å². The van der Waals surface area contributed by atoms with Crippen LogP contribution in [0.4, 0.5) is 5.13 Å². The van der Waals surface area contributed by atoms with Crippen molar-refractivity contribution < 1.29 is 9.59 Å². The van der Waals surface area contributed by atoms with E-state index in [-0.39, 0.29) is 11.7 Å². The topological polar surface area (TPSA) is 87.8 Å². The molecule has 0 saturated heterocycles. The first kappa shape index (κ1) is 16.2. The van der Waals surface area contributed by atoms with Crippen molar-refractivity contribution in [1.82, 2.24) is 9.55 Å². The summed E-state index contributed by atoms with van der Waals surface area (Å²) in [6.07, 6.45) is 4.32. The van der Waals surface area contributed by atoms with Crippen molar-refractivity contribution in [2.45, 2.75) is 18.9 Å². The molecule has 6 nitrogen and oxygen atoms in total. The molecule has 1 atom stereocenters. The monoisotopic (exact) mass is 362 g/mol. The minimum Gasteiger partial charge on any atom is -0.333 e. The van der Waals surface area contributed by atoms with E-state index < -0.39 is 6.04 Å². The van der Waals surface area contributed by atoms with Gasteiger partial charge in [-0.3, -0.25) is 9.59 Å². The molecule has 3 aromatic rings. The zero-order valence-corrected chi connectivity index (χ0v) is 14.5. The molecule has 128 valence electrons. The number of benzene rings is 1. The van der Waals surface area contributed by atoms with Crippen molar-refractivity contribution in [1.29, 1.82) is 5.26 Å². The van der Waals surface area contributed by atoms with E-state index in [1.807, 2.05) is 12.1 Å². The molecule has 0 aliphatic carbocycles. The molecule has 26 heavy (non-hydrogen) atoms. The number of aromatic nitrogens is 2. The first-order valence-corrected chi connectivity index (χ1v) is 8.94. The molecule has 0 bridgehead atoms. The molecule has 0 fully saturated rings. The lowest BCUT2D eigenvalue weighted by Gasteiger charge is -2.24. The summed E-state index contributed by atoms with van der Waals surface area (Å²) >= 11 is 1.37. The number of carbonyl (C=O) groups excluding carboxylic acids is 2. The van der Waals surface area contributed by atoms with Gasteiger partial charge < -0.3 is 9.88 Å². The molecule has 4 rings (SSSR count). The van der Waals surface area contributed by atoms with Crippen molar-refractivity contribution >= 4 is 28.2 Å². The standard InChI is InChI=1S/C19H14N4O2S/c20-10-12-3-5-13(6-4-12)17-11-21-19(26-17)22-18(25)15-7-8-16(24)14-2-1-9-23(14)15/h1-6,9,11,15H,7-8H2,(H,21,22,25). The highest BCUT2D eigenvalue weighted by Gasteiger charge is 2.29. The summed E-state index contributed by atoms with van der Waals surface area (Å²) in [5, 5.41) is 12.2. The van der Waals surface area contributed by atoms with Crippen LogP contribution in [0.5, 0.6) is 0 Å². The molecular formula is C19H14N4O2S. The van der Waals surface area contributed by atoms with E-state index in [1.54, 1.807) is 41.2 Å². The number of fused-ring (bicyclic) bond motifs is 1. The smallest absolute Gasteiger partial charge is 0.249 e. The molecule has 1 N–H and O–H groups in total. The predicted octanol–water partition coefficient (Wildman–Crippen LogP) is 3.64.